The van der Waals surface area contributed by atoms with Gasteiger partial charge in [-0.1, -0.05) is 0 Å². The van der Waals surface area contributed by atoms with Crippen LogP contribution in [-0.4, -0.2) is 17.8 Å². The van der Waals surface area contributed by atoms with Gasteiger partial charge in [-0.15, -0.1) is 0 Å². The SMILES string of the molecule is C[C@@H](O)CNCc1ccc(C#N)o1. The smallest absolute Gasteiger partial charge is 0.203 e. The van der Waals surface area contributed by atoms with Crippen LogP contribution in [-0.2, 0) is 6.54 Å². The molecule has 1 aromatic rings. The molecular formula is C9H12N2O2. The monoisotopic (exact) mass is 180 g/mol. The number of nitrogens with zero attached hydrogens (tertiary/aromatic N) is 1. The van der Waals surface area contributed by atoms with Gasteiger partial charge < -0.3 is 14.8 Å². The van der Waals surface area contributed by atoms with E-state index in [1.807, 2.05) is 6.07 Å². The second-order valence-corrected chi connectivity index (χ2v) is 2.86. The summed E-state index contributed by atoms with van der Waals surface area (Å²) in [5.74, 6) is 1.02. The zero-order valence-electron chi connectivity index (χ0n) is 7.45. The van der Waals surface area contributed by atoms with Crippen LogP contribution in [0.15, 0.2) is 16.5 Å². The summed E-state index contributed by atoms with van der Waals surface area (Å²) in [5.41, 5.74) is 0. The van der Waals surface area contributed by atoms with Gasteiger partial charge in [0.15, 0.2) is 0 Å². The van der Waals surface area contributed by atoms with Gasteiger partial charge >= 0.3 is 0 Å². The Labute approximate surface area is 76.8 Å². The number of rotatable bonds is 4. The highest BCUT2D eigenvalue weighted by Crippen LogP contribution is 2.05. The molecule has 0 aliphatic rings. The first-order valence-corrected chi connectivity index (χ1v) is 4.10. The molecule has 1 rings (SSSR count). The molecule has 0 amide bonds. The van der Waals surface area contributed by atoms with Crippen LogP contribution in [0.5, 0.6) is 0 Å². The average Bonchev–Trinajstić information content (AvgIpc) is 2.52. The molecule has 0 unspecified atom stereocenters. The third-order valence-electron chi connectivity index (χ3n) is 1.51. The van der Waals surface area contributed by atoms with Gasteiger partial charge in [0.25, 0.3) is 0 Å². The predicted octanol–water partition coefficient (Wildman–Crippen LogP) is 0.622. The van der Waals surface area contributed by atoms with E-state index in [2.05, 4.69) is 5.32 Å². The molecule has 0 radical (unpaired) electrons. The molecule has 70 valence electrons. The molecule has 1 aromatic heterocycles. The molecule has 0 aromatic carbocycles. The molecule has 0 bridgehead atoms. The van der Waals surface area contributed by atoms with Crippen molar-refractivity contribution in [3.05, 3.63) is 23.7 Å². The lowest BCUT2D eigenvalue weighted by atomic mass is 10.4. The summed E-state index contributed by atoms with van der Waals surface area (Å²) >= 11 is 0. The quantitative estimate of drug-likeness (QED) is 0.712. The topological polar surface area (TPSA) is 69.2 Å². The maximum atomic E-state index is 8.94. The lowest BCUT2D eigenvalue weighted by molar-refractivity contribution is 0.190. The van der Waals surface area contributed by atoms with E-state index in [9.17, 15) is 0 Å². The predicted molar refractivity (Wildman–Crippen MR) is 46.8 cm³/mol. The van der Waals surface area contributed by atoms with Crippen molar-refractivity contribution in [3.63, 3.8) is 0 Å². The van der Waals surface area contributed by atoms with Crippen molar-refractivity contribution in [3.8, 4) is 6.07 Å². The third-order valence-corrected chi connectivity index (χ3v) is 1.51. The van der Waals surface area contributed by atoms with Crippen LogP contribution in [0.3, 0.4) is 0 Å². The van der Waals surface area contributed by atoms with Gasteiger partial charge in [0.05, 0.1) is 12.6 Å². The molecule has 13 heavy (non-hydrogen) atoms. The molecule has 2 N–H and O–H groups in total. The lowest BCUT2D eigenvalue weighted by Gasteiger charge is -2.03. The normalized spacial score (nSPS) is 12.4. The Hall–Kier alpha value is -1.31. The number of aliphatic hydroxyl groups is 1. The summed E-state index contributed by atoms with van der Waals surface area (Å²) in [7, 11) is 0. The molecule has 1 atom stereocenters. The van der Waals surface area contributed by atoms with Crippen molar-refractivity contribution in [1.82, 2.24) is 5.32 Å². The molecule has 0 aliphatic carbocycles. The maximum Gasteiger partial charge on any atom is 0.203 e. The fourth-order valence-electron chi connectivity index (χ4n) is 0.937. The zero-order chi connectivity index (χ0) is 9.68. The lowest BCUT2D eigenvalue weighted by Crippen LogP contribution is -2.23. The van der Waals surface area contributed by atoms with E-state index in [0.717, 1.165) is 0 Å². The largest absolute Gasteiger partial charge is 0.449 e. The zero-order valence-corrected chi connectivity index (χ0v) is 7.45. The van der Waals surface area contributed by atoms with Crippen LogP contribution >= 0.6 is 0 Å². The minimum Gasteiger partial charge on any atom is -0.449 e. The summed E-state index contributed by atoms with van der Waals surface area (Å²) in [6, 6.07) is 5.27. The van der Waals surface area contributed by atoms with E-state index in [0.29, 0.717) is 24.6 Å². The minimum absolute atomic E-state index is 0.314. The Balaban J connectivity index is 2.34. The first-order valence-electron chi connectivity index (χ1n) is 4.10. The van der Waals surface area contributed by atoms with Gasteiger partial charge in [-0.3, -0.25) is 0 Å². The van der Waals surface area contributed by atoms with E-state index in [-0.39, 0.29) is 6.10 Å². The molecule has 0 saturated carbocycles. The summed E-state index contributed by atoms with van der Waals surface area (Å²) in [4.78, 5) is 0. The van der Waals surface area contributed by atoms with Gasteiger partial charge in [-0.05, 0) is 19.1 Å². The van der Waals surface area contributed by atoms with Gasteiger partial charge in [0, 0.05) is 6.54 Å². The van der Waals surface area contributed by atoms with Crippen LogP contribution in [0, 0.1) is 11.3 Å². The number of furan rings is 1. The fourth-order valence-corrected chi connectivity index (χ4v) is 0.937. The Morgan fingerprint density at radius 3 is 3.00 bits per heavy atom. The van der Waals surface area contributed by atoms with Crippen LogP contribution in [0.2, 0.25) is 0 Å². The van der Waals surface area contributed by atoms with Crippen LogP contribution < -0.4 is 5.32 Å². The molecule has 1 heterocycles. The fraction of sp³-hybridized carbons (Fsp3) is 0.444. The van der Waals surface area contributed by atoms with Crippen molar-refractivity contribution in [2.45, 2.75) is 19.6 Å². The summed E-state index contributed by atoms with van der Waals surface area (Å²) in [6.45, 7) is 2.75. The van der Waals surface area contributed by atoms with Crippen molar-refractivity contribution in [1.29, 1.82) is 5.26 Å². The Bertz CT molecular complexity index is 299. The highest BCUT2D eigenvalue weighted by molar-refractivity contribution is 5.18. The molecule has 0 spiro atoms. The molecule has 4 heteroatoms. The second-order valence-electron chi connectivity index (χ2n) is 2.86. The van der Waals surface area contributed by atoms with E-state index in [4.69, 9.17) is 14.8 Å². The Morgan fingerprint density at radius 1 is 1.69 bits per heavy atom. The third kappa shape index (κ3) is 3.28. The van der Waals surface area contributed by atoms with Crippen molar-refractivity contribution >= 4 is 0 Å². The van der Waals surface area contributed by atoms with Crippen molar-refractivity contribution in [2.75, 3.05) is 6.54 Å². The Morgan fingerprint density at radius 2 is 2.46 bits per heavy atom. The first kappa shape index (κ1) is 9.78. The molecule has 4 nitrogen and oxygen atoms in total. The van der Waals surface area contributed by atoms with Crippen LogP contribution in [0.1, 0.15) is 18.4 Å². The van der Waals surface area contributed by atoms with Gasteiger partial charge in [0.1, 0.15) is 11.8 Å². The second kappa shape index (κ2) is 4.65. The first-order chi connectivity index (χ1) is 6.22. The highest BCUT2D eigenvalue weighted by Gasteiger charge is 2.00. The van der Waals surface area contributed by atoms with E-state index in [1.54, 1.807) is 19.1 Å². The van der Waals surface area contributed by atoms with Gasteiger partial charge in [-0.25, -0.2) is 0 Å². The number of nitrogens with one attached hydrogen (secondary N) is 1. The van der Waals surface area contributed by atoms with Gasteiger partial charge in [-0.2, -0.15) is 5.26 Å². The van der Waals surface area contributed by atoms with E-state index in [1.165, 1.54) is 0 Å². The van der Waals surface area contributed by atoms with Crippen LogP contribution in [0.25, 0.3) is 0 Å². The molecular weight excluding hydrogens is 168 g/mol. The minimum atomic E-state index is -0.370. The number of aliphatic hydroxyl groups excluding tert-OH is 1. The highest BCUT2D eigenvalue weighted by atomic mass is 16.3. The summed E-state index contributed by atoms with van der Waals surface area (Å²) < 4.78 is 5.11. The molecule has 0 aliphatic heterocycles. The number of hydrogen-bond acceptors (Lipinski definition) is 4. The van der Waals surface area contributed by atoms with Crippen molar-refractivity contribution in [2.24, 2.45) is 0 Å². The Kier molecular flexibility index (Phi) is 3.50. The van der Waals surface area contributed by atoms with Crippen molar-refractivity contribution < 1.29 is 9.52 Å². The van der Waals surface area contributed by atoms with E-state index >= 15 is 0 Å². The maximum absolute atomic E-state index is 8.94. The standard InChI is InChI=1S/C9H12N2O2/c1-7(12)5-11-6-9-3-2-8(4-10)13-9/h2-3,7,11-12H,5-6H2,1H3/t7-/m1/s1. The van der Waals surface area contributed by atoms with E-state index < -0.39 is 0 Å². The number of nitriles is 1. The average molecular weight is 180 g/mol. The molecule has 0 fully saturated rings. The molecule has 0 saturated heterocycles. The van der Waals surface area contributed by atoms with Gasteiger partial charge in [0.2, 0.25) is 5.76 Å². The summed E-state index contributed by atoms with van der Waals surface area (Å²) in [5, 5.41) is 20.4. The summed E-state index contributed by atoms with van der Waals surface area (Å²) in [6.07, 6.45) is -0.370. The number of hydrogen-bond donors (Lipinski definition) is 2. The van der Waals surface area contributed by atoms with Crippen LogP contribution in [0.4, 0.5) is 0 Å².